The topological polar surface area (TPSA) is 52.6 Å². The number of aromatic hydroxyl groups is 1. The van der Waals surface area contributed by atoms with Gasteiger partial charge in [0, 0.05) is 18.2 Å². The lowest BCUT2D eigenvalue weighted by Crippen LogP contribution is -2.43. The van der Waals surface area contributed by atoms with E-state index < -0.39 is 11.6 Å². The van der Waals surface area contributed by atoms with E-state index in [1.54, 1.807) is 11.0 Å². The first kappa shape index (κ1) is 13.4. The first-order valence-corrected chi connectivity index (χ1v) is 6.34. The quantitative estimate of drug-likeness (QED) is 0.893. The number of nitrogens with zero attached hydrogens (tertiary/aromatic N) is 1. The number of anilines is 1. The summed E-state index contributed by atoms with van der Waals surface area (Å²) in [5.74, 6) is -1.57. The van der Waals surface area contributed by atoms with Crippen LogP contribution in [0.1, 0.15) is 15.9 Å². The summed E-state index contributed by atoms with van der Waals surface area (Å²) in [6.07, 6.45) is 0. The van der Waals surface area contributed by atoms with Crippen LogP contribution in [0.5, 0.6) is 5.75 Å². The van der Waals surface area contributed by atoms with Crippen LogP contribution in [-0.4, -0.2) is 17.7 Å². The van der Waals surface area contributed by atoms with Crippen LogP contribution in [0, 0.1) is 11.6 Å². The van der Waals surface area contributed by atoms with E-state index in [-0.39, 0.29) is 24.9 Å². The molecule has 0 bridgehead atoms. The van der Waals surface area contributed by atoms with Gasteiger partial charge in [-0.05, 0) is 24.3 Å². The fourth-order valence-corrected chi connectivity index (χ4v) is 2.33. The van der Waals surface area contributed by atoms with Gasteiger partial charge in [-0.3, -0.25) is 4.79 Å². The van der Waals surface area contributed by atoms with Crippen LogP contribution >= 0.6 is 0 Å². The number of hydrogen-bond acceptors (Lipinski definition) is 3. The molecular formula is C15H12F2N2O2. The van der Waals surface area contributed by atoms with Crippen LogP contribution in [0.4, 0.5) is 14.5 Å². The number of benzene rings is 2. The van der Waals surface area contributed by atoms with Crippen LogP contribution < -0.4 is 10.2 Å². The Kier molecular flexibility index (Phi) is 3.21. The summed E-state index contributed by atoms with van der Waals surface area (Å²) in [5.41, 5.74) is 1.25. The van der Waals surface area contributed by atoms with Gasteiger partial charge < -0.3 is 15.3 Å². The lowest BCUT2D eigenvalue weighted by atomic mass is 10.1. The Morgan fingerprint density at radius 3 is 2.76 bits per heavy atom. The number of halogens is 2. The van der Waals surface area contributed by atoms with Crippen molar-refractivity contribution in [3.05, 3.63) is 59.2 Å². The Hall–Kier alpha value is -2.63. The Balaban J connectivity index is 1.94. The fraction of sp³-hybridized carbons (Fsp3) is 0.133. The Bertz CT molecular complexity index is 719. The second kappa shape index (κ2) is 5.05. The second-order valence-electron chi connectivity index (χ2n) is 4.80. The maximum atomic E-state index is 13.7. The Morgan fingerprint density at radius 1 is 1.19 bits per heavy atom. The van der Waals surface area contributed by atoms with E-state index in [9.17, 15) is 18.7 Å². The summed E-state index contributed by atoms with van der Waals surface area (Å²) in [7, 11) is 0. The van der Waals surface area contributed by atoms with Crippen molar-refractivity contribution in [2.75, 3.05) is 11.6 Å². The predicted molar refractivity (Wildman–Crippen MR) is 73.0 cm³/mol. The zero-order valence-electron chi connectivity index (χ0n) is 10.9. The molecule has 0 unspecified atom stereocenters. The minimum atomic E-state index is -0.632. The third-order valence-electron chi connectivity index (χ3n) is 3.37. The molecular weight excluding hydrogens is 278 g/mol. The summed E-state index contributed by atoms with van der Waals surface area (Å²) in [6.45, 7) is 0.400. The molecule has 0 radical (unpaired) electrons. The molecule has 1 aliphatic heterocycles. The maximum Gasteiger partial charge on any atom is 0.254 e. The monoisotopic (exact) mass is 290 g/mol. The van der Waals surface area contributed by atoms with E-state index in [1.165, 1.54) is 24.3 Å². The molecule has 0 fully saturated rings. The zero-order chi connectivity index (χ0) is 15.0. The minimum absolute atomic E-state index is 0.0151. The van der Waals surface area contributed by atoms with Gasteiger partial charge >= 0.3 is 0 Å². The molecule has 0 saturated carbocycles. The lowest BCUT2D eigenvalue weighted by molar-refractivity contribution is 0.0947. The number of phenols is 1. The van der Waals surface area contributed by atoms with E-state index in [1.807, 2.05) is 0 Å². The minimum Gasteiger partial charge on any atom is -0.508 e. The van der Waals surface area contributed by atoms with Gasteiger partial charge in [-0.2, -0.15) is 0 Å². The first-order chi connectivity index (χ1) is 10.0. The van der Waals surface area contributed by atoms with Crippen molar-refractivity contribution in [2.24, 2.45) is 0 Å². The predicted octanol–water partition coefficient (Wildman–Crippen LogP) is 2.38. The highest BCUT2D eigenvalue weighted by molar-refractivity contribution is 6.01. The van der Waals surface area contributed by atoms with E-state index in [4.69, 9.17) is 0 Å². The molecule has 2 aromatic carbocycles. The van der Waals surface area contributed by atoms with Crippen molar-refractivity contribution < 1.29 is 18.7 Å². The molecule has 0 atom stereocenters. The van der Waals surface area contributed by atoms with E-state index >= 15 is 0 Å². The molecule has 4 nitrogen and oxygen atoms in total. The average Bonchev–Trinajstić information content (AvgIpc) is 2.45. The van der Waals surface area contributed by atoms with Gasteiger partial charge in [0.2, 0.25) is 0 Å². The number of nitrogens with one attached hydrogen (secondary N) is 1. The third kappa shape index (κ3) is 2.52. The highest BCUT2D eigenvalue weighted by Gasteiger charge is 2.23. The van der Waals surface area contributed by atoms with Crippen LogP contribution in [0.25, 0.3) is 0 Å². The summed E-state index contributed by atoms with van der Waals surface area (Å²) >= 11 is 0. The van der Waals surface area contributed by atoms with Gasteiger partial charge in [0.1, 0.15) is 17.4 Å². The molecule has 0 aromatic heterocycles. The normalized spacial score (nSPS) is 13.8. The molecule has 1 aliphatic rings. The number of rotatable bonds is 2. The Morgan fingerprint density at radius 2 is 2.00 bits per heavy atom. The van der Waals surface area contributed by atoms with Gasteiger partial charge in [-0.25, -0.2) is 8.78 Å². The van der Waals surface area contributed by atoms with Gasteiger partial charge in [0.15, 0.2) is 0 Å². The lowest BCUT2D eigenvalue weighted by Gasteiger charge is -2.31. The average molecular weight is 290 g/mol. The summed E-state index contributed by atoms with van der Waals surface area (Å²) < 4.78 is 26.7. The van der Waals surface area contributed by atoms with Gasteiger partial charge in [0.25, 0.3) is 5.91 Å². The summed E-state index contributed by atoms with van der Waals surface area (Å²) in [6, 6.07) is 7.82. The molecule has 0 saturated heterocycles. The maximum absolute atomic E-state index is 13.7. The highest BCUT2D eigenvalue weighted by atomic mass is 19.1. The first-order valence-electron chi connectivity index (χ1n) is 6.34. The highest BCUT2D eigenvalue weighted by Crippen LogP contribution is 2.28. The zero-order valence-corrected chi connectivity index (χ0v) is 10.9. The van der Waals surface area contributed by atoms with Crippen molar-refractivity contribution in [3.63, 3.8) is 0 Å². The standard InChI is InChI=1S/C15H12F2N2O2/c16-10-2-1-9(13(17)5-10)7-19-8-18-15(21)12-6-11(20)3-4-14(12)19/h1-6,20H,7-8H2,(H,18,21). The van der Waals surface area contributed by atoms with Crippen molar-refractivity contribution in [2.45, 2.75) is 6.54 Å². The van der Waals surface area contributed by atoms with E-state index in [2.05, 4.69) is 5.32 Å². The van der Waals surface area contributed by atoms with Gasteiger partial charge in [-0.1, -0.05) is 6.07 Å². The van der Waals surface area contributed by atoms with E-state index in [0.29, 0.717) is 16.8 Å². The molecule has 6 heteroatoms. The second-order valence-corrected chi connectivity index (χ2v) is 4.80. The molecule has 108 valence electrons. The van der Waals surface area contributed by atoms with Crippen LogP contribution in [0.2, 0.25) is 0 Å². The van der Waals surface area contributed by atoms with Crippen LogP contribution in [0.15, 0.2) is 36.4 Å². The molecule has 2 N–H and O–H groups in total. The van der Waals surface area contributed by atoms with E-state index in [0.717, 1.165) is 6.07 Å². The molecule has 3 rings (SSSR count). The largest absolute Gasteiger partial charge is 0.508 e. The summed E-state index contributed by atoms with van der Waals surface area (Å²) in [5, 5.41) is 12.1. The number of fused-ring (bicyclic) bond motifs is 1. The number of carbonyl (C=O) groups is 1. The van der Waals surface area contributed by atoms with Crippen molar-refractivity contribution in [3.8, 4) is 5.75 Å². The summed E-state index contributed by atoms with van der Waals surface area (Å²) in [4.78, 5) is 13.5. The molecule has 21 heavy (non-hydrogen) atoms. The number of carbonyl (C=O) groups excluding carboxylic acids is 1. The van der Waals surface area contributed by atoms with Crippen molar-refractivity contribution >= 4 is 11.6 Å². The molecule has 1 heterocycles. The number of hydrogen-bond donors (Lipinski definition) is 2. The van der Waals surface area contributed by atoms with Gasteiger partial charge in [0.05, 0.1) is 17.9 Å². The number of phenolic OH excluding ortho intramolecular Hbond substituents is 1. The molecule has 0 spiro atoms. The molecule has 0 aliphatic carbocycles. The van der Waals surface area contributed by atoms with Crippen molar-refractivity contribution in [1.82, 2.24) is 5.32 Å². The smallest absolute Gasteiger partial charge is 0.254 e. The van der Waals surface area contributed by atoms with Crippen molar-refractivity contribution in [1.29, 1.82) is 0 Å². The number of amides is 1. The molecule has 1 amide bonds. The van der Waals surface area contributed by atoms with Crippen LogP contribution in [0.3, 0.4) is 0 Å². The van der Waals surface area contributed by atoms with Gasteiger partial charge in [-0.15, -0.1) is 0 Å². The third-order valence-corrected chi connectivity index (χ3v) is 3.37. The fourth-order valence-electron chi connectivity index (χ4n) is 2.33. The Labute approximate surface area is 119 Å². The van der Waals surface area contributed by atoms with Crippen LogP contribution in [-0.2, 0) is 6.54 Å². The molecule has 2 aromatic rings. The SMILES string of the molecule is O=C1NCN(Cc2ccc(F)cc2F)c2ccc(O)cc21.